The number of carbonyl (C=O) groups excluding carboxylic acids is 2. The number of likely N-dealkylation sites (N-methyl/N-ethyl adjacent to an activating group) is 1. The lowest BCUT2D eigenvalue weighted by Gasteiger charge is -2.22. The zero-order chi connectivity index (χ0) is 19.0. The van der Waals surface area contributed by atoms with E-state index >= 15 is 0 Å². The van der Waals surface area contributed by atoms with Gasteiger partial charge in [-0.25, -0.2) is 0 Å². The van der Waals surface area contributed by atoms with E-state index in [1.807, 2.05) is 6.92 Å². The van der Waals surface area contributed by atoms with Crippen molar-refractivity contribution < 1.29 is 19.5 Å². The van der Waals surface area contributed by atoms with Crippen LogP contribution in [0.5, 0.6) is 0 Å². The molecule has 0 bridgehead atoms. The number of hydrogen-bond donors (Lipinski definition) is 3. The Labute approximate surface area is 152 Å². The summed E-state index contributed by atoms with van der Waals surface area (Å²) < 4.78 is 0. The lowest BCUT2D eigenvalue weighted by molar-refractivity contribution is -0.141. The molecule has 25 heavy (non-hydrogen) atoms. The summed E-state index contributed by atoms with van der Waals surface area (Å²) in [5.74, 6) is -1.87. The van der Waals surface area contributed by atoms with Crippen molar-refractivity contribution in [3.63, 3.8) is 0 Å². The molecule has 0 radical (unpaired) electrons. The first-order valence-electron chi connectivity index (χ1n) is 8.00. The van der Waals surface area contributed by atoms with Crippen LogP contribution in [0.3, 0.4) is 0 Å². The van der Waals surface area contributed by atoms with Crippen molar-refractivity contribution in [2.24, 2.45) is 5.92 Å². The van der Waals surface area contributed by atoms with Crippen molar-refractivity contribution in [1.29, 1.82) is 0 Å². The SMILES string of the molecule is CC[C@H](C)[C@H](NCC(=O)N(C)CC(=O)Nc1ccccc1Cl)C(=O)O. The van der Waals surface area contributed by atoms with Crippen LogP contribution in [-0.2, 0) is 14.4 Å². The molecule has 0 heterocycles. The number of aliphatic carboxylic acids is 1. The fourth-order valence-electron chi connectivity index (χ4n) is 2.16. The number of para-hydroxylation sites is 1. The van der Waals surface area contributed by atoms with Gasteiger partial charge in [0, 0.05) is 7.05 Å². The fourth-order valence-corrected chi connectivity index (χ4v) is 2.34. The van der Waals surface area contributed by atoms with Crippen LogP contribution in [0.2, 0.25) is 5.02 Å². The maximum atomic E-state index is 12.1. The van der Waals surface area contributed by atoms with Crippen LogP contribution in [0.1, 0.15) is 20.3 Å². The van der Waals surface area contributed by atoms with Gasteiger partial charge in [0.25, 0.3) is 0 Å². The maximum Gasteiger partial charge on any atom is 0.320 e. The van der Waals surface area contributed by atoms with Crippen molar-refractivity contribution >= 4 is 35.1 Å². The monoisotopic (exact) mass is 369 g/mol. The van der Waals surface area contributed by atoms with Crippen LogP contribution >= 0.6 is 11.6 Å². The van der Waals surface area contributed by atoms with E-state index in [2.05, 4.69) is 10.6 Å². The molecule has 0 spiro atoms. The molecule has 1 aromatic carbocycles. The molecule has 0 fully saturated rings. The third-order valence-electron chi connectivity index (χ3n) is 3.91. The predicted molar refractivity (Wildman–Crippen MR) is 96.6 cm³/mol. The number of halogens is 1. The summed E-state index contributed by atoms with van der Waals surface area (Å²) in [6.45, 7) is 3.37. The molecule has 0 saturated heterocycles. The Morgan fingerprint density at radius 1 is 1.28 bits per heavy atom. The van der Waals surface area contributed by atoms with Crippen LogP contribution in [-0.4, -0.2) is 54.0 Å². The minimum Gasteiger partial charge on any atom is -0.480 e. The molecule has 0 aliphatic carbocycles. The lowest BCUT2D eigenvalue weighted by atomic mass is 9.99. The molecular formula is C17H24ClN3O4. The van der Waals surface area contributed by atoms with Crippen molar-refractivity contribution in [1.82, 2.24) is 10.2 Å². The quantitative estimate of drug-likeness (QED) is 0.616. The standard InChI is InChI=1S/C17H24ClN3O4/c1-4-11(2)16(17(24)25)19-9-15(23)21(3)10-14(22)20-13-8-6-5-7-12(13)18/h5-8,11,16,19H,4,9-10H2,1-3H3,(H,20,22)(H,24,25)/t11-,16-/m0/s1. The van der Waals surface area contributed by atoms with Crippen LogP contribution in [0.15, 0.2) is 24.3 Å². The van der Waals surface area contributed by atoms with Crippen LogP contribution in [0.25, 0.3) is 0 Å². The van der Waals surface area contributed by atoms with Gasteiger partial charge in [-0.2, -0.15) is 0 Å². The summed E-state index contributed by atoms with van der Waals surface area (Å²) in [4.78, 5) is 36.6. The summed E-state index contributed by atoms with van der Waals surface area (Å²) in [7, 11) is 1.48. The number of carboxylic acid groups (broad SMARTS) is 1. The predicted octanol–water partition coefficient (Wildman–Crippen LogP) is 1.83. The molecule has 138 valence electrons. The van der Waals surface area contributed by atoms with Gasteiger partial charge in [-0.3, -0.25) is 19.7 Å². The number of benzene rings is 1. The Morgan fingerprint density at radius 2 is 1.92 bits per heavy atom. The molecule has 3 N–H and O–H groups in total. The highest BCUT2D eigenvalue weighted by molar-refractivity contribution is 6.33. The number of nitrogens with zero attached hydrogens (tertiary/aromatic N) is 1. The second-order valence-corrected chi connectivity index (χ2v) is 6.27. The number of nitrogens with one attached hydrogen (secondary N) is 2. The molecule has 0 aromatic heterocycles. The van der Waals surface area contributed by atoms with Crippen molar-refractivity contribution in [2.45, 2.75) is 26.3 Å². The van der Waals surface area contributed by atoms with Gasteiger partial charge in [0.05, 0.1) is 23.8 Å². The van der Waals surface area contributed by atoms with E-state index in [9.17, 15) is 19.5 Å². The average Bonchev–Trinajstić information content (AvgIpc) is 2.56. The molecule has 0 saturated carbocycles. The molecular weight excluding hydrogens is 346 g/mol. The van der Waals surface area contributed by atoms with Crippen LogP contribution < -0.4 is 10.6 Å². The Bertz CT molecular complexity index is 624. The van der Waals surface area contributed by atoms with Crippen molar-refractivity contribution in [3.8, 4) is 0 Å². The Hall–Kier alpha value is -2.12. The van der Waals surface area contributed by atoms with E-state index in [1.165, 1.54) is 11.9 Å². The van der Waals surface area contributed by atoms with Gasteiger partial charge in [-0.15, -0.1) is 0 Å². The number of amides is 2. The number of anilines is 1. The number of carbonyl (C=O) groups is 3. The Balaban J connectivity index is 2.52. The number of rotatable bonds is 9. The first-order chi connectivity index (χ1) is 11.8. The lowest BCUT2D eigenvalue weighted by Crippen LogP contribution is -2.47. The first-order valence-corrected chi connectivity index (χ1v) is 8.38. The molecule has 0 aliphatic heterocycles. The van der Waals surface area contributed by atoms with Gasteiger partial charge in [-0.1, -0.05) is 44.0 Å². The van der Waals surface area contributed by atoms with E-state index in [4.69, 9.17) is 11.6 Å². The van der Waals surface area contributed by atoms with E-state index in [0.717, 1.165) is 0 Å². The minimum absolute atomic E-state index is 0.112. The van der Waals surface area contributed by atoms with Gasteiger partial charge < -0.3 is 15.3 Å². The fraction of sp³-hybridized carbons (Fsp3) is 0.471. The van der Waals surface area contributed by atoms with E-state index < -0.39 is 12.0 Å². The molecule has 1 rings (SSSR count). The third kappa shape index (κ3) is 6.72. The summed E-state index contributed by atoms with van der Waals surface area (Å²) in [5, 5.41) is 15.0. The summed E-state index contributed by atoms with van der Waals surface area (Å²) in [6, 6.07) is 5.99. The largest absolute Gasteiger partial charge is 0.480 e. The van der Waals surface area contributed by atoms with Gasteiger partial charge in [-0.05, 0) is 18.1 Å². The maximum absolute atomic E-state index is 12.1. The second kappa shape index (κ2) is 10.0. The van der Waals surface area contributed by atoms with Crippen LogP contribution in [0.4, 0.5) is 5.69 Å². The highest BCUT2D eigenvalue weighted by atomic mass is 35.5. The highest BCUT2D eigenvalue weighted by Crippen LogP contribution is 2.20. The topological polar surface area (TPSA) is 98.7 Å². The van der Waals surface area contributed by atoms with E-state index in [0.29, 0.717) is 17.1 Å². The summed E-state index contributed by atoms with van der Waals surface area (Å²) in [6.07, 6.45) is 0.675. The zero-order valence-corrected chi connectivity index (χ0v) is 15.3. The molecule has 8 heteroatoms. The summed E-state index contributed by atoms with van der Waals surface area (Å²) >= 11 is 5.96. The van der Waals surface area contributed by atoms with Gasteiger partial charge in [0.1, 0.15) is 6.04 Å². The molecule has 7 nitrogen and oxygen atoms in total. The molecule has 0 aliphatic rings. The molecule has 0 unspecified atom stereocenters. The number of carboxylic acids is 1. The van der Waals surface area contributed by atoms with Gasteiger partial charge in [0.2, 0.25) is 11.8 Å². The smallest absolute Gasteiger partial charge is 0.320 e. The Kier molecular flexibility index (Phi) is 8.37. The minimum atomic E-state index is -0.999. The van der Waals surface area contributed by atoms with Crippen molar-refractivity contribution in [2.75, 3.05) is 25.5 Å². The second-order valence-electron chi connectivity index (χ2n) is 5.86. The van der Waals surface area contributed by atoms with Gasteiger partial charge in [0.15, 0.2) is 0 Å². The molecule has 2 amide bonds. The molecule has 1 aromatic rings. The number of hydrogen-bond acceptors (Lipinski definition) is 4. The zero-order valence-electron chi connectivity index (χ0n) is 14.6. The summed E-state index contributed by atoms with van der Waals surface area (Å²) in [5.41, 5.74) is 0.468. The van der Waals surface area contributed by atoms with Gasteiger partial charge >= 0.3 is 5.97 Å². The van der Waals surface area contributed by atoms with E-state index in [1.54, 1.807) is 31.2 Å². The van der Waals surface area contributed by atoms with Crippen LogP contribution in [0, 0.1) is 5.92 Å². The highest BCUT2D eigenvalue weighted by Gasteiger charge is 2.24. The average molecular weight is 370 g/mol. The van der Waals surface area contributed by atoms with Crippen molar-refractivity contribution in [3.05, 3.63) is 29.3 Å². The first kappa shape index (κ1) is 20.9. The molecule has 2 atom stereocenters. The third-order valence-corrected chi connectivity index (χ3v) is 4.24. The normalized spacial score (nSPS) is 13.0. The Morgan fingerprint density at radius 3 is 2.48 bits per heavy atom. The van der Waals surface area contributed by atoms with E-state index in [-0.39, 0.29) is 30.8 Å².